The van der Waals surface area contributed by atoms with E-state index in [4.69, 9.17) is 11.6 Å². The van der Waals surface area contributed by atoms with Crippen molar-refractivity contribution in [1.82, 2.24) is 9.97 Å². The summed E-state index contributed by atoms with van der Waals surface area (Å²) in [4.78, 5) is 7.94. The summed E-state index contributed by atoms with van der Waals surface area (Å²) in [6.45, 7) is 1.78. The number of aryl methyl sites for hydroxylation is 1. The van der Waals surface area contributed by atoms with E-state index < -0.39 is 0 Å². The summed E-state index contributed by atoms with van der Waals surface area (Å²) in [5, 5.41) is 1.37. The molecule has 1 rings (SSSR count). The molecule has 0 saturated heterocycles. The van der Waals surface area contributed by atoms with Crippen LogP contribution in [-0.4, -0.2) is 17.0 Å². The monoisotopic (exact) mass is 153 g/mol. The van der Waals surface area contributed by atoms with Crippen LogP contribution in [0.4, 0.5) is 11.5 Å². The third-order valence-corrected chi connectivity index (χ3v) is 1.25. The van der Waals surface area contributed by atoms with Crippen LogP contribution in [0.15, 0.2) is 6.20 Å². The first-order valence-corrected chi connectivity index (χ1v) is 3.19. The van der Waals surface area contributed by atoms with Gasteiger partial charge in [0.2, 0.25) is 0 Å². The second kappa shape index (κ2) is 2.71. The first kappa shape index (κ1) is 7.74. The van der Waals surface area contributed by atoms with E-state index in [1.54, 1.807) is 20.2 Å². The lowest BCUT2D eigenvalue weighted by Crippen LogP contribution is -2.27. The van der Waals surface area contributed by atoms with Gasteiger partial charge < -0.3 is 5.73 Å². The Hall–Kier alpha value is -1.36. The van der Waals surface area contributed by atoms with Crippen molar-refractivity contribution in [3.63, 3.8) is 0 Å². The molecule has 0 fully saturated rings. The molecule has 5 heteroatoms. The van der Waals surface area contributed by atoms with Crippen LogP contribution in [0.1, 0.15) is 5.82 Å². The van der Waals surface area contributed by atoms with Gasteiger partial charge in [-0.2, -0.15) is 0 Å². The highest BCUT2D eigenvalue weighted by Crippen LogP contribution is 2.14. The van der Waals surface area contributed by atoms with Crippen molar-refractivity contribution in [2.45, 2.75) is 6.92 Å². The lowest BCUT2D eigenvalue weighted by Gasteiger charge is -2.12. The summed E-state index contributed by atoms with van der Waals surface area (Å²) in [7, 11) is 1.68. The lowest BCUT2D eigenvalue weighted by molar-refractivity contribution is 0.941. The summed E-state index contributed by atoms with van der Waals surface area (Å²) < 4.78 is 0. The Morgan fingerprint density at radius 2 is 2.18 bits per heavy atom. The molecule has 0 amide bonds. The zero-order chi connectivity index (χ0) is 8.43. The van der Waals surface area contributed by atoms with Gasteiger partial charge in [0.25, 0.3) is 0 Å². The van der Waals surface area contributed by atoms with Crippen LogP contribution >= 0.6 is 0 Å². The third-order valence-electron chi connectivity index (χ3n) is 1.25. The van der Waals surface area contributed by atoms with Gasteiger partial charge in [-0.15, -0.1) is 0 Å². The molecule has 1 aromatic heterocycles. The van der Waals surface area contributed by atoms with E-state index in [2.05, 4.69) is 9.97 Å². The fourth-order valence-corrected chi connectivity index (χ4v) is 0.750. The number of hydrogen-bond acceptors (Lipinski definition) is 5. The van der Waals surface area contributed by atoms with E-state index in [1.165, 1.54) is 5.01 Å². The van der Waals surface area contributed by atoms with Crippen molar-refractivity contribution < 1.29 is 0 Å². The first-order chi connectivity index (χ1) is 5.11. The van der Waals surface area contributed by atoms with Gasteiger partial charge in [-0.3, -0.25) is 5.01 Å². The Kier molecular flexibility index (Phi) is 1.91. The highest BCUT2D eigenvalue weighted by atomic mass is 15.4. The molecule has 0 aliphatic carbocycles. The van der Waals surface area contributed by atoms with Crippen LogP contribution in [0.25, 0.3) is 0 Å². The lowest BCUT2D eigenvalue weighted by atomic mass is 10.4. The van der Waals surface area contributed by atoms with Crippen LogP contribution in [0.5, 0.6) is 0 Å². The van der Waals surface area contributed by atoms with Gasteiger partial charge in [-0.05, 0) is 6.92 Å². The fourth-order valence-electron chi connectivity index (χ4n) is 0.750. The summed E-state index contributed by atoms with van der Waals surface area (Å²) in [6.07, 6.45) is 1.54. The van der Waals surface area contributed by atoms with E-state index in [9.17, 15) is 0 Å². The van der Waals surface area contributed by atoms with Crippen molar-refractivity contribution in [2.24, 2.45) is 5.84 Å². The molecule has 1 aromatic rings. The molecular weight excluding hydrogens is 142 g/mol. The summed E-state index contributed by atoms with van der Waals surface area (Å²) in [5.74, 6) is 6.66. The van der Waals surface area contributed by atoms with Gasteiger partial charge >= 0.3 is 0 Å². The maximum Gasteiger partial charge on any atom is 0.169 e. The van der Waals surface area contributed by atoms with Crippen LogP contribution in [0.3, 0.4) is 0 Å². The van der Waals surface area contributed by atoms with E-state index in [0.29, 0.717) is 17.3 Å². The van der Waals surface area contributed by atoms with E-state index in [-0.39, 0.29) is 0 Å². The molecule has 0 aromatic carbocycles. The molecule has 0 unspecified atom stereocenters. The number of hydrogen-bond donors (Lipinski definition) is 2. The van der Waals surface area contributed by atoms with Crippen molar-refractivity contribution in [2.75, 3.05) is 17.8 Å². The average Bonchev–Trinajstić information content (AvgIpc) is 1.94. The van der Waals surface area contributed by atoms with Crippen LogP contribution in [0, 0.1) is 6.92 Å². The first-order valence-electron chi connectivity index (χ1n) is 3.19. The minimum absolute atomic E-state index is 0.487. The minimum Gasteiger partial charge on any atom is -0.394 e. The summed E-state index contributed by atoms with van der Waals surface area (Å²) >= 11 is 0. The highest BCUT2D eigenvalue weighted by molar-refractivity contribution is 5.59. The van der Waals surface area contributed by atoms with Gasteiger partial charge in [0.15, 0.2) is 5.82 Å². The van der Waals surface area contributed by atoms with Gasteiger partial charge in [-0.1, -0.05) is 0 Å². The molecule has 0 bridgehead atoms. The minimum atomic E-state index is 0.487. The van der Waals surface area contributed by atoms with Crippen LogP contribution < -0.4 is 16.6 Å². The number of nitrogen functional groups attached to an aromatic ring is 1. The van der Waals surface area contributed by atoms with E-state index >= 15 is 0 Å². The molecule has 5 nitrogen and oxygen atoms in total. The number of nitrogens with zero attached hydrogens (tertiary/aromatic N) is 3. The number of rotatable bonds is 1. The average molecular weight is 153 g/mol. The summed E-state index contributed by atoms with van der Waals surface area (Å²) in [5.41, 5.74) is 6.03. The second-order valence-electron chi connectivity index (χ2n) is 2.31. The largest absolute Gasteiger partial charge is 0.394 e. The van der Waals surface area contributed by atoms with Crippen molar-refractivity contribution in [3.05, 3.63) is 12.0 Å². The molecule has 1 heterocycles. The number of nitrogens with two attached hydrogens (primary N) is 2. The van der Waals surface area contributed by atoms with E-state index in [0.717, 1.165) is 0 Å². The number of aromatic nitrogens is 2. The van der Waals surface area contributed by atoms with Crippen LogP contribution in [-0.2, 0) is 0 Å². The number of anilines is 2. The SMILES string of the molecule is Cc1ncc(N)c(N(C)N)n1. The molecule has 4 N–H and O–H groups in total. The van der Waals surface area contributed by atoms with Crippen molar-refractivity contribution in [1.29, 1.82) is 0 Å². The smallest absolute Gasteiger partial charge is 0.169 e. The molecule has 0 aliphatic heterocycles. The Morgan fingerprint density at radius 3 is 2.64 bits per heavy atom. The van der Waals surface area contributed by atoms with Gasteiger partial charge in [0.05, 0.1) is 11.9 Å². The van der Waals surface area contributed by atoms with Gasteiger partial charge in [-0.25, -0.2) is 15.8 Å². The van der Waals surface area contributed by atoms with Gasteiger partial charge in [0.1, 0.15) is 5.82 Å². The van der Waals surface area contributed by atoms with Crippen molar-refractivity contribution >= 4 is 11.5 Å². The normalized spacial score (nSPS) is 9.73. The Balaban J connectivity index is 3.13. The maximum atomic E-state index is 5.54. The maximum absolute atomic E-state index is 5.54. The molecule has 0 radical (unpaired) electrons. The zero-order valence-corrected chi connectivity index (χ0v) is 6.57. The molecule has 0 atom stereocenters. The van der Waals surface area contributed by atoms with Crippen LogP contribution in [0.2, 0.25) is 0 Å². The fraction of sp³-hybridized carbons (Fsp3) is 0.333. The summed E-state index contributed by atoms with van der Waals surface area (Å²) in [6, 6.07) is 0. The van der Waals surface area contributed by atoms with Gasteiger partial charge in [0, 0.05) is 7.05 Å². The molecule has 0 aliphatic rings. The molecule has 11 heavy (non-hydrogen) atoms. The molecule has 60 valence electrons. The van der Waals surface area contributed by atoms with E-state index in [1.807, 2.05) is 0 Å². The zero-order valence-electron chi connectivity index (χ0n) is 6.57. The predicted octanol–water partition coefficient (Wildman–Crippen LogP) is -0.323. The Labute approximate surface area is 65.0 Å². The third kappa shape index (κ3) is 1.56. The van der Waals surface area contributed by atoms with Crippen molar-refractivity contribution in [3.8, 4) is 0 Å². The standard InChI is InChI=1S/C6H11N5/c1-4-9-3-5(7)6(10-4)11(2)8/h3H,7-8H2,1-2H3. The highest BCUT2D eigenvalue weighted by Gasteiger charge is 2.03. The predicted molar refractivity (Wildman–Crippen MR) is 43.8 cm³/mol. The molecule has 0 saturated carbocycles. The number of hydrazine groups is 1. The Bertz CT molecular complexity index is 257. The molecular formula is C6H11N5. The second-order valence-corrected chi connectivity index (χ2v) is 2.31. The quantitative estimate of drug-likeness (QED) is 0.427. The topological polar surface area (TPSA) is 81.1 Å². The molecule has 0 spiro atoms. The Morgan fingerprint density at radius 1 is 1.55 bits per heavy atom.